The molecule has 0 atom stereocenters. The Kier molecular flexibility index (Phi) is 5.74. The van der Waals surface area contributed by atoms with Gasteiger partial charge in [-0.3, -0.25) is 10.1 Å². The first-order valence-corrected chi connectivity index (χ1v) is 10.4. The van der Waals surface area contributed by atoms with Gasteiger partial charge in [-0.05, 0) is 48.9 Å². The third kappa shape index (κ3) is 4.17. The molecule has 0 saturated carbocycles. The minimum absolute atomic E-state index is 0.0949. The van der Waals surface area contributed by atoms with E-state index in [1.807, 2.05) is 6.07 Å². The number of nitro benzene ring substituents is 1. The Balaban J connectivity index is 1.45. The third-order valence-corrected chi connectivity index (χ3v) is 5.96. The van der Waals surface area contributed by atoms with Crippen molar-refractivity contribution in [3.8, 4) is 11.3 Å². The number of benzene rings is 2. The average Bonchev–Trinajstić information content (AvgIpc) is 3.24. The van der Waals surface area contributed by atoms with Gasteiger partial charge >= 0.3 is 0 Å². The van der Waals surface area contributed by atoms with Gasteiger partial charge in [0.05, 0.1) is 4.92 Å². The van der Waals surface area contributed by atoms with Crippen LogP contribution < -0.4 is 4.90 Å². The van der Waals surface area contributed by atoms with Crippen LogP contribution in [0.2, 0.25) is 5.02 Å². The largest absolute Gasteiger partial charge is 0.454 e. The minimum atomic E-state index is -0.506. The Hall–Kier alpha value is -2.90. The van der Waals surface area contributed by atoms with Gasteiger partial charge < -0.3 is 14.2 Å². The Morgan fingerprint density at radius 3 is 2.57 bits per heavy atom. The summed E-state index contributed by atoms with van der Waals surface area (Å²) in [6.07, 6.45) is 0. The van der Waals surface area contributed by atoms with Gasteiger partial charge in [-0.1, -0.05) is 36.0 Å². The first-order chi connectivity index (χ1) is 14.4. The molecule has 2 heterocycles. The number of nitro groups is 1. The molecule has 0 amide bonds. The van der Waals surface area contributed by atoms with Crippen LogP contribution in [0.4, 0.5) is 11.4 Å². The molecule has 0 radical (unpaired) electrons. The van der Waals surface area contributed by atoms with Crippen molar-refractivity contribution in [1.82, 2.24) is 4.90 Å². The molecule has 1 aliphatic heterocycles. The molecule has 0 spiro atoms. The highest BCUT2D eigenvalue weighted by molar-refractivity contribution is 7.80. The molecule has 1 aliphatic rings. The lowest BCUT2D eigenvalue weighted by molar-refractivity contribution is -0.384. The van der Waals surface area contributed by atoms with Gasteiger partial charge in [-0.2, -0.15) is 0 Å². The number of thiocarbonyl (C=S) groups is 1. The topological polar surface area (TPSA) is 62.8 Å². The molecule has 30 heavy (non-hydrogen) atoms. The maximum absolute atomic E-state index is 11.1. The van der Waals surface area contributed by atoms with Gasteiger partial charge in [-0.15, -0.1) is 0 Å². The average molecular weight is 442 g/mol. The molecule has 1 fully saturated rings. The predicted octanol–water partition coefficient (Wildman–Crippen LogP) is 5.31. The summed E-state index contributed by atoms with van der Waals surface area (Å²) >= 11 is 11.5. The molecule has 0 aliphatic carbocycles. The van der Waals surface area contributed by atoms with Crippen molar-refractivity contribution in [2.75, 3.05) is 31.1 Å². The number of hydrogen-bond acceptors (Lipinski definition) is 5. The fourth-order valence-corrected chi connectivity index (χ4v) is 4.04. The summed E-state index contributed by atoms with van der Waals surface area (Å²) in [5, 5.41) is 11.2. The molecule has 4 rings (SSSR count). The van der Waals surface area contributed by atoms with Gasteiger partial charge in [-0.25, -0.2) is 0 Å². The standard InChI is InChI=1S/C22H20ClN3O3S/c1-15-3-2-4-17(13-15)24-9-11-25(12-10-24)22(30)21-8-7-20(29-21)16-5-6-18(23)19(14-16)26(27)28/h2-8,13-14H,9-12H2,1H3. The summed E-state index contributed by atoms with van der Waals surface area (Å²) in [5.74, 6) is 1.10. The summed E-state index contributed by atoms with van der Waals surface area (Å²) in [4.78, 5) is 15.8. The highest BCUT2D eigenvalue weighted by Gasteiger charge is 2.22. The highest BCUT2D eigenvalue weighted by Crippen LogP contribution is 2.31. The van der Waals surface area contributed by atoms with E-state index >= 15 is 0 Å². The Bertz CT molecular complexity index is 1110. The van der Waals surface area contributed by atoms with Crippen molar-refractivity contribution in [3.63, 3.8) is 0 Å². The molecule has 3 aromatic rings. The van der Waals surface area contributed by atoms with Gasteiger partial charge in [0.15, 0.2) is 5.76 Å². The van der Waals surface area contributed by atoms with Crippen LogP contribution in [0.5, 0.6) is 0 Å². The molecule has 0 bridgehead atoms. The van der Waals surface area contributed by atoms with Crippen molar-refractivity contribution >= 4 is 40.2 Å². The maximum atomic E-state index is 11.1. The van der Waals surface area contributed by atoms with Crippen LogP contribution in [-0.4, -0.2) is 41.0 Å². The van der Waals surface area contributed by atoms with Crippen molar-refractivity contribution in [3.05, 3.63) is 81.1 Å². The van der Waals surface area contributed by atoms with E-state index < -0.39 is 4.92 Å². The summed E-state index contributed by atoms with van der Waals surface area (Å²) in [6.45, 7) is 5.45. The number of aryl methyl sites for hydroxylation is 1. The van der Waals surface area contributed by atoms with Crippen LogP contribution in [0.3, 0.4) is 0 Å². The number of furan rings is 1. The third-order valence-electron chi connectivity index (χ3n) is 5.18. The van der Waals surface area contributed by atoms with E-state index in [1.165, 1.54) is 23.4 Å². The lowest BCUT2D eigenvalue weighted by atomic mass is 10.1. The van der Waals surface area contributed by atoms with E-state index in [-0.39, 0.29) is 10.7 Å². The fraction of sp³-hybridized carbons (Fsp3) is 0.227. The second kappa shape index (κ2) is 8.45. The zero-order valence-electron chi connectivity index (χ0n) is 16.4. The maximum Gasteiger partial charge on any atom is 0.288 e. The van der Waals surface area contributed by atoms with Gasteiger partial charge in [0, 0.05) is 43.5 Å². The molecule has 0 N–H and O–H groups in total. The van der Waals surface area contributed by atoms with Crippen molar-refractivity contribution in [2.24, 2.45) is 0 Å². The molecule has 2 aromatic carbocycles. The Labute approximate surface area is 184 Å². The second-order valence-electron chi connectivity index (χ2n) is 7.21. The molecule has 1 saturated heterocycles. The smallest absolute Gasteiger partial charge is 0.288 e. The molecular formula is C22H20ClN3O3S. The van der Waals surface area contributed by atoms with Crippen molar-refractivity contribution in [1.29, 1.82) is 0 Å². The quantitative estimate of drug-likeness (QED) is 0.310. The number of hydrogen-bond donors (Lipinski definition) is 0. The monoisotopic (exact) mass is 441 g/mol. The molecule has 0 unspecified atom stereocenters. The lowest BCUT2D eigenvalue weighted by Gasteiger charge is -2.37. The number of nitrogens with zero attached hydrogens (tertiary/aromatic N) is 3. The van der Waals surface area contributed by atoms with Crippen molar-refractivity contribution in [2.45, 2.75) is 6.92 Å². The first-order valence-electron chi connectivity index (χ1n) is 9.57. The van der Waals surface area contributed by atoms with E-state index in [0.29, 0.717) is 22.1 Å². The summed E-state index contributed by atoms with van der Waals surface area (Å²) in [6, 6.07) is 16.7. The second-order valence-corrected chi connectivity index (χ2v) is 8.00. The summed E-state index contributed by atoms with van der Waals surface area (Å²) in [5.41, 5.74) is 2.91. The summed E-state index contributed by atoms with van der Waals surface area (Å²) < 4.78 is 5.92. The first kappa shape index (κ1) is 20.4. The molecule has 8 heteroatoms. The van der Waals surface area contributed by atoms with Crippen LogP contribution >= 0.6 is 23.8 Å². The van der Waals surface area contributed by atoms with Crippen LogP contribution in [0.1, 0.15) is 11.3 Å². The van der Waals surface area contributed by atoms with Gasteiger partial charge in [0.25, 0.3) is 5.69 Å². The predicted molar refractivity (Wildman–Crippen MR) is 122 cm³/mol. The van der Waals surface area contributed by atoms with Crippen LogP contribution in [0, 0.1) is 17.0 Å². The van der Waals surface area contributed by atoms with Gasteiger partial charge in [0.2, 0.25) is 0 Å². The van der Waals surface area contributed by atoms with Crippen LogP contribution in [-0.2, 0) is 0 Å². The Morgan fingerprint density at radius 1 is 1.10 bits per heavy atom. The highest BCUT2D eigenvalue weighted by atomic mass is 35.5. The number of halogens is 1. The molecule has 154 valence electrons. The molecule has 6 nitrogen and oxygen atoms in total. The van der Waals surface area contributed by atoms with E-state index in [1.54, 1.807) is 12.1 Å². The van der Waals surface area contributed by atoms with E-state index in [9.17, 15) is 10.1 Å². The van der Waals surface area contributed by atoms with E-state index in [2.05, 4.69) is 41.0 Å². The lowest BCUT2D eigenvalue weighted by Crippen LogP contribution is -2.48. The summed E-state index contributed by atoms with van der Waals surface area (Å²) in [7, 11) is 0. The number of rotatable bonds is 4. The van der Waals surface area contributed by atoms with Crippen LogP contribution in [0.25, 0.3) is 11.3 Å². The zero-order chi connectivity index (χ0) is 21.3. The number of anilines is 1. The zero-order valence-corrected chi connectivity index (χ0v) is 17.9. The minimum Gasteiger partial charge on any atom is -0.454 e. The number of piperazine rings is 1. The van der Waals surface area contributed by atoms with Crippen molar-refractivity contribution < 1.29 is 9.34 Å². The fourth-order valence-electron chi connectivity index (χ4n) is 3.56. The Morgan fingerprint density at radius 2 is 1.87 bits per heavy atom. The molecular weight excluding hydrogens is 422 g/mol. The van der Waals surface area contributed by atoms with Gasteiger partial charge in [0.1, 0.15) is 15.8 Å². The normalized spacial score (nSPS) is 14.1. The molecule has 1 aromatic heterocycles. The SMILES string of the molecule is Cc1cccc(N2CCN(C(=S)c3ccc(-c4ccc(Cl)c([N+](=O)[O-])c4)o3)CC2)c1. The van der Waals surface area contributed by atoms with E-state index in [0.717, 1.165) is 26.2 Å². The van der Waals surface area contributed by atoms with E-state index in [4.69, 9.17) is 28.2 Å². The van der Waals surface area contributed by atoms with Crippen LogP contribution in [0.15, 0.2) is 59.0 Å².